The molecule has 0 aliphatic carbocycles. The van der Waals surface area contributed by atoms with Crippen LogP contribution in [0.5, 0.6) is 0 Å². The van der Waals surface area contributed by atoms with E-state index in [1.54, 1.807) is 0 Å². The molecule has 1 N–H and O–H groups in total. The van der Waals surface area contributed by atoms with E-state index in [0.29, 0.717) is 6.04 Å². The van der Waals surface area contributed by atoms with Crippen LogP contribution in [0, 0.1) is 0 Å². The Bertz CT molecular complexity index is 369. The number of nitrogens with zero attached hydrogens (tertiary/aromatic N) is 2. The van der Waals surface area contributed by atoms with Gasteiger partial charge in [0.1, 0.15) is 0 Å². The van der Waals surface area contributed by atoms with Crippen molar-refractivity contribution in [1.82, 2.24) is 15.1 Å². The number of aromatic nitrogens is 2. The van der Waals surface area contributed by atoms with Gasteiger partial charge in [0.2, 0.25) is 0 Å². The van der Waals surface area contributed by atoms with Gasteiger partial charge in [-0.3, -0.25) is 4.68 Å². The van der Waals surface area contributed by atoms with Crippen LogP contribution in [0.3, 0.4) is 0 Å². The average molecular weight is 221 g/mol. The fourth-order valence-corrected chi connectivity index (χ4v) is 1.56. The maximum absolute atomic E-state index is 4.53. The monoisotopic (exact) mass is 221 g/mol. The lowest BCUT2D eigenvalue weighted by Gasteiger charge is -2.16. The molecule has 0 saturated heterocycles. The molecule has 90 valence electrons. The quantitative estimate of drug-likeness (QED) is 0.849. The third-order valence-corrected chi connectivity index (χ3v) is 2.59. The van der Waals surface area contributed by atoms with Crippen molar-refractivity contribution in [2.45, 2.75) is 39.2 Å². The Labute approximate surface area is 98.5 Å². The molecule has 1 heterocycles. The highest BCUT2D eigenvalue weighted by atomic mass is 15.3. The van der Waals surface area contributed by atoms with Gasteiger partial charge in [0.15, 0.2) is 0 Å². The Balaban J connectivity index is 3.00. The van der Waals surface area contributed by atoms with E-state index < -0.39 is 0 Å². The third-order valence-electron chi connectivity index (χ3n) is 2.59. The second-order valence-electron chi connectivity index (χ2n) is 5.29. The van der Waals surface area contributed by atoms with Crippen LogP contribution in [-0.2, 0) is 12.5 Å². The van der Waals surface area contributed by atoms with Gasteiger partial charge in [0.05, 0.1) is 5.69 Å². The summed E-state index contributed by atoms with van der Waals surface area (Å²) in [5.74, 6) is 0. The summed E-state index contributed by atoms with van der Waals surface area (Å²) in [5.41, 5.74) is 2.44. The molecule has 3 heteroatoms. The fourth-order valence-electron chi connectivity index (χ4n) is 1.56. The van der Waals surface area contributed by atoms with Crippen LogP contribution in [0.25, 0.3) is 6.08 Å². The van der Waals surface area contributed by atoms with Crippen molar-refractivity contribution in [2.75, 3.05) is 7.05 Å². The van der Waals surface area contributed by atoms with Crippen LogP contribution in [0.2, 0.25) is 0 Å². The molecule has 1 aromatic heterocycles. The van der Waals surface area contributed by atoms with Gasteiger partial charge in [-0.1, -0.05) is 32.9 Å². The SMILES string of the molecule is CNC(C)/C=C/c1cn(C)nc1C(C)(C)C. The topological polar surface area (TPSA) is 29.9 Å². The normalized spacial score (nSPS) is 14.6. The van der Waals surface area contributed by atoms with Crippen LogP contribution >= 0.6 is 0 Å². The Kier molecular flexibility index (Phi) is 3.92. The first-order valence-electron chi connectivity index (χ1n) is 5.74. The standard InChI is InChI=1S/C13H23N3/c1-10(14-5)7-8-11-9-16(6)15-12(11)13(2,3)4/h7-10,14H,1-6H3/b8-7+. The molecule has 1 rings (SSSR count). The van der Waals surface area contributed by atoms with E-state index in [-0.39, 0.29) is 5.41 Å². The van der Waals surface area contributed by atoms with Gasteiger partial charge in [-0.2, -0.15) is 5.10 Å². The molecule has 0 saturated carbocycles. The molecular weight excluding hydrogens is 198 g/mol. The Morgan fingerprint density at radius 2 is 2.06 bits per heavy atom. The second kappa shape index (κ2) is 4.83. The van der Waals surface area contributed by atoms with E-state index in [4.69, 9.17) is 0 Å². The molecule has 0 amide bonds. The third kappa shape index (κ3) is 3.20. The lowest BCUT2D eigenvalue weighted by Crippen LogP contribution is -2.18. The summed E-state index contributed by atoms with van der Waals surface area (Å²) in [6.07, 6.45) is 6.38. The molecule has 0 aliphatic rings. The molecule has 0 aliphatic heterocycles. The van der Waals surface area contributed by atoms with E-state index in [2.05, 4.69) is 56.5 Å². The van der Waals surface area contributed by atoms with Crippen molar-refractivity contribution in [2.24, 2.45) is 7.05 Å². The van der Waals surface area contributed by atoms with E-state index in [9.17, 15) is 0 Å². The predicted octanol–water partition coefficient (Wildman–Crippen LogP) is 2.34. The molecule has 0 bridgehead atoms. The van der Waals surface area contributed by atoms with Crippen molar-refractivity contribution in [3.05, 3.63) is 23.5 Å². The van der Waals surface area contributed by atoms with Crippen molar-refractivity contribution in [1.29, 1.82) is 0 Å². The zero-order chi connectivity index (χ0) is 12.3. The van der Waals surface area contributed by atoms with E-state index >= 15 is 0 Å². The fraction of sp³-hybridized carbons (Fsp3) is 0.615. The first-order chi connectivity index (χ1) is 7.34. The smallest absolute Gasteiger partial charge is 0.0750 e. The number of hydrogen-bond donors (Lipinski definition) is 1. The maximum Gasteiger partial charge on any atom is 0.0750 e. The minimum absolute atomic E-state index is 0.0871. The highest BCUT2D eigenvalue weighted by molar-refractivity contribution is 5.53. The van der Waals surface area contributed by atoms with Crippen molar-refractivity contribution in [3.63, 3.8) is 0 Å². The predicted molar refractivity (Wildman–Crippen MR) is 69.5 cm³/mol. The van der Waals surface area contributed by atoms with Crippen molar-refractivity contribution in [3.8, 4) is 0 Å². The number of rotatable bonds is 3. The second-order valence-corrected chi connectivity index (χ2v) is 5.29. The van der Waals surface area contributed by atoms with Crippen LogP contribution in [0.1, 0.15) is 39.0 Å². The lowest BCUT2D eigenvalue weighted by molar-refractivity contribution is 0.552. The summed E-state index contributed by atoms with van der Waals surface area (Å²) >= 11 is 0. The Morgan fingerprint density at radius 1 is 1.44 bits per heavy atom. The molecule has 0 radical (unpaired) electrons. The van der Waals surface area contributed by atoms with Gasteiger partial charge in [-0.05, 0) is 14.0 Å². The molecule has 3 nitrogen and oxygen atoms in total. The lowest BCUT2D eigenvalue weighted by atomic mass is 9.89. The van der Waals surface area contributed by atoms with Gasteiger partial charge in [-0.15, -0.1) is 0 Å². The molecule has 0 fully saturated rings. The maximum atomic E-state index is 4.53. The molecule has 16 heavy (non-hydrogen) atoms. The average Bonchev–Trinajstić information content (AvgIpc) is 2.55. The molecule has 1 atom stereocenters. The van der Waals surface area contributed by atoms with Gasteiger partial charge in [0.25, 0.3) is 0 Å². The molecule has 0 aromatic carbocycles. The Hall–Kier alpha value is -1.09. The first kappa shape index (κ1) is 13.0. The van der Waals surface area contributed by atoms with E-state index in [1.165, 1.54) is 5.56 Å². The minimum Gasteiger partial charge on any atom is -0.314 e. The molecular formula is C13H23N3. The molecule has 1 aromatic rings. The highest BCUT2D eigenvalue weighted by Crippen LogP contribution is 2.24. The number of aryl methyl sites for hydroxylation is 1. The zero-order valence-corrected chi connectivity index (χ0v) is 11.2. The van der Waals surface area contributed by atoms with Crippen molar-refractivity contribution >= 4 is 6.08 Å². The molecule has 1 unspecified atom stereocenters. The van der Waals surface area contributed by atoms with E-state index in [0.717, 1.165) is 5.69 Å². The summed E-state index contributed by atoms with van der Waals surface area (Å²) in [5, 5.41) is 7.72. The van der Waals surface area contributed by atoms with Crippen molar-refractivity contribution < 1.29 is 0 Å². The van der Waals surface area contributed by atoms with Crippen LogP contribution in [0.4, 0.5) is 0 Å². The number of likely N-dealkylation sites (N-methyl/N-ethyl adjacent to an activating group) is 1. The number of hydrogen-bond acceptors (Lipinski definition) is 2. The van der Waals surface area contributed by atoms with Crippen LogP contribution < -0.4 is 5.32 Å². The van der Waals surface area contributed by atoms with Crippen LogP contribution in [-0.4, -0.2) is 22.9 Å². The molecule has 0 spiro atoms. The summed E-state index contributed by atoms with van der Waals surface area (Å²) in [4.78, 5) is 0. The summed E-state index contributed by atoms with van der Waals surface area (Å²) in [6.45, 7) is 8.69. The largest absolute Gasteiger partial charge is 0.314 e. The Morgan fingerprint density at radius 3 is 2.56 bits per heavy atom. The summed E-state index contributed by atoms with van der Waals surface area (Å²) < 4.78 is 1.88. The van der Waals surface area contributed by atoms with Gasteiger partial charge < -0.3 is 5.32 Å². The number of nitrogens with one attached hydrogen (secondary N) is 1. The van der Waals surface area contributed by atoms with Crippen LogP contribution in [0.15, 0.2) is 12.3 Å². The first-order valence-corrected chi connectivity index (χ1v) is 5.74. The van der Waals surface area contributed by atoms with Gasteiger partial charge >= 0.3 is 0 Å². The minimum atomic E-state index is 0.0871. The summed E-state index contributed by atoms with van der Waals surface area (Å²) in [7, 11) is 3.93. The summed E-state index contributed by atoms with van der Waals surface area (Å²) in [6, 6.07) is 0.382. The highest BCUT2D eigenvalue weighted by Gasteiger charge is 2.20. The van der Waals surface area contributed by atoms with Gasteiger partial charge in [0, 0.05) is 30.3 Å². The van der Waals surface area contributed by atoms with E-state index in [1.807, 2.05) is 18.8 Å². The zero-order valence-electron chi connectivity index (χ0n) is 11.2. The van der Waals surface area contributed by atoms with Gasteiger partial charge in [-0.25, -0.2) is 0 Å².